The first-order valence-corrected chi connectivity index (χ1v) is 13.0. The number of para-hydroxylation sites is 1. The number of allylic oxidation sites excluding steroid dienone is 1. The normalized spacial score (nSPS) is 22.3. The van der Waals surface area contributed by atoms with Crippen LogP contribution < -0.4 is 20.9 Å². The van der Waals surface area contributed by atoms with E-state index in [1.807, 2.05) is 0 Å². The molecule has 4 unspecified atom stereocenters. The van der Waals surface area contributed by atoms with E-state index in [1.165, 1.54) is 23.8 Å². The Balaban J connectivity index is 1.75. The van der Waals surface area contributed by atoms with Crippen molar-refractivity contribution >= 4 is 19.8 Å². The number of aliphatic hydroxyl groups is 1. The van der Waals surface area contributed by atoms with Gasteiger partial charge in [0, 0.05) is 12.6 Å². The summed E-state index contributed by atoms with van der Waals surface area (Å²) in [4.78, 5) is 38.6. The molecule has 0 saturated carbocycles. The first-order valence-electron chi connectivity index (χ1n) is 11.4. The minimum Gasteiger partial charge on any atom is -0.465 e. The molecule has 13 heteroatoms. The Hall–Kier alpha value is -3.02. The van der Waals surface area contributed by atoms with Crippen LogP contribution in [0.15, 0.2) is 52.2 Å². The summed E-state index contributed by atoms with van der Waals surface area (Å²) in [6.45, 7) is 4.57. The van der Waals surface area contributed by atoms with Crippen LogP contribution in [0.2, 0.25) is 0 Å². The van der Waals surface area contributed by atoms with E-state index in [0.717, 1.165) is 0 Å². The lowest BCUT2D eigenvalue weighted by Crippen LogP contribution is -2.36. The number of nitrogens with one attached hydrogen (secondary N) is 2. The topological polar surface area (TPSA) is 158 Å². The van der Waals surface area contributed by atoms with E-state index in [0.29, 0.717) is 0 Å². The molecule has 196 valence electrons. The Kier molecular flexibility index (Phi) is 9.41. The van der Waals surface area contributed by atoms with Crippen LogP contribution in [0.4, 0.5) is 0 Å². The Morgan fingerprint density at radius 3 is 2.75 bits per heavy atom. The maximum absolute atomic E-state index is 13.5. The number of rotatable bonds is 11. The van der Waals surface area contributed by atoms with Gasteiger partial charge in [-0.3, -0.25) is 23.7 Å². The lowest BCUT2D eigenvalue weighted by atomic mass is 10.2. The number of H-pyrrole nitrogens is 1. The summed E-state index contributed by atoms with van der Waals surface area (Å²) >= 11 is 0. The molecular weight excluding hydrogens is 493 g/mol. The Bertz CT molecular complexity index is 1230. The number of aliphatic hydroxyl groups excluding tert-OH is 1. The quantitative estimate of drug-likeness (QED) is 0.294. The van der Waals surface area contributed by atoms with E-state index in [-0.39, 0.29) is 30.9 Å². The number of hydrogen-bond donors (Lipinski definition) is 3. The molecule has 0 radical (unpaired) electrons. The summed E-state index contributed by atoms with van der Waals surface area (Å²) in [5.74, 6) is -0.420. The number of aromatic nitrogens is 2. The maximum atomic E-state index is 13.5. The number of ether oxygens (including phenoxy) is 2. The van der Waals surface area contributed by atoms with Crippen LogP contribution in [0, 0.1) is 0 Å². The summed E-state index contributed by atoms with van der Waals surface area (Å²) in [6, 6.07) is 7.20. The van der Waals surface area contributed by atoms with Gasteiger partial charge in [-0.2, -0.15) is 5.09 Å². The van der Waals surface area contributed by atoms with Crippen LogP contribution in [-0.2, 0) is 23.4 Å². The third kappa shape index (κ3) is 7.02. The average Bonchev–Trinajstić information content (AvgIpc) is 3.20. The van der Waals surface area contributed by atoms with Gasteiger partial charge in [-0.25, -0.2) is 9.36 Å². The van der Waals surface area contributed by atoms with Gasteiger partial charge in [0.1, 0.15) is 24.1 Å². The van der Waals surface area contributed by atoms with Crippen LogP contribution in [0.3, 0.4) is 0 Å². The van der Waals surface area contributed by atoms with Crippen LogP contribution in [0.25, 0.3) is 6.08 Å². The van der Waals surface area contributed by atoms with Crippen molar-refractivity contribution in [3.05, 3.63) is 69.0 Å². The molecule has 5 atom stereocenters. The monoisotopic (exact) mass is 523 g/mol. The predicted octanol–water partition coefficient (Wildman–Crippen LogP) is 1.96. The highest BCUT2D eigenvalue weighted by Gasteiger charge is 2.39. The zero-order chi connectivity index (χ0) is 26.3. The van der Waals surface area contributed by atoms with Crippen molar-refractivity contribution in [2.45, 2.75) is 51.7 Å². The summed E-state index contributed by atoms with van der Waals surface area (Å²) in [5.41, 5.74) is -1.00. The third-order valence-corrected chi connectivity index (χ3v) is 6.87. The van der Waals surface area contributed by atoms with Crippen LogP contribution in [0.5, 0.6) is 5.75 Å². The zero-order valence-corrected chi connectivity index (χ0v) is 21.1. The molecule has 0 amide bonds. The Morgan fingerprint density at radius 2 is 2.08 bits per heavy atom. The first kappa shape index (κ1) is 27.6. The average molecular weight is 523 g/mol. The highest BCUT2D eigenvalue weighted by Crippen LogP contribution is 2.45. The van der Waals surface area contributed by atoms with E-state index >= 15 is 0 Å². The summed E-state index contributed by atoms with van der Waals surface area (Å²) in [5, 5.41) is 13.1. The molecule has 2 aromatic rings. The molecule has 36 heavy (non-hydrogen) atoms. The van der Waals surface area contributed by atoms with E-state index in [1.54, 1.807) is 50.3 Å². The van der Waals surface area contributed by atoms with E-state index in [2.05, 4.69) is 10.1 Å². The largest absolute Gasteiger partial charge is 0.465 e. The summed E-state index contributed by atoms with van der Waals surface area (Å²) in [6.07, 6.45) is 1.59. The van der Waals surface area contributed by atoms with Crippen molar-refractivity contribution in [1.29, 1.82) is 0 Å². The molecule has 3 N–H and O–H groups in total. The first-order chi connectivity index (χ1) is 17.2. The molecule has 12 nitrogen and oxygen atoms in total. The van der Waals surface area contributed by atoms with Gasteiger partial charge in [-0.15, -0.1) is 0 Å². The van der Waals surface area contributed by atoms with Crippen molar-refractivity contribution in [1.82, 2.24) is 14.6 Å². The van der Waals surface area contributed by atoms with Gasteiger partial charge in [0.05, 0.1) is 24.9 Å². The lowest BCUT2D eigenvalue weighted by molar-refractivity contribution is -0.144. The second-order valence-corrected chi connectivity index (χ2v) is 9.68. The molecular formula is C23H30N3O9P. The van der Waals surface area contributed by atoms with Crippen molar-refractivity contribution in [3.63, 3.8) is 0 Å². The minimum absolute atomic E-state index is 0.0196. The van der Waals surface area contributed by atoms with Crippen LogP contribution in [-0.4, -0.2) is 52.1 Å². The van der Waals surface area contributed by atoms with E-state index < -0.39 is 49.4 Å². The van der Waals surface area contributed by atoms with Gasteiger partial charge in [0.2, 0.25) is 0 Å². The van der Waals surface area contributed by atoms with Crippen molar-refractivity contribution in [2.24, 2.45) is 0 Å². The smallest absolute Gasteiger partial charge is 0.459 e. The molecule has 1 aromatic carbocycles. The fourth-order valence-corrected chi connectivity index (χ4v) is 4.99. The molecule has 3 rings (SSSR count). The van der Waals surface area contributed by atoms with Gasteiger partial charge in [-0.05, 0) is 32.9 Å². The number of esters is 1. The molecule has 1 saturated heterocycles. The lowest BCUT2D eigenvalue weighted by Gasteiger charge is -2.24. The maximum Gasteiger partial charge on any atom is 0.459 e. The Morgan fingerprint density at radius 1 is 1.36 bits per heavy atom. The van der Waals surface area contributed by atoms with E-state index in [4.69, 9.17) is 18.5 Å². The summed E-state index contributed by atoms with van der Waals surface area (Å²) < 4.78 is 36.5. The molecule has 1 aromatic heterocycles. The molecule has 0 aliphatic carbocycles. The van der Waals surface area contributed by atoms with Crippen molar-refractivity contribution in [2.75, 3.05) is 13.2 Å². The molecule has 0 bridgehead atoms. The number of carbonyl (C=O) groups excluding carboxylic acids is 1. The molecule has 2 heterocycles. The molecule has 0 spiro atoms. The van der Waals surface area contributed by atoms with Crippen molar-refractivity contribution in [3.8, 4) is 5.75 Å². The van der Waals surface area contributed by atoms with Gasteiger partial charge in [0.25, 0.3) is 5.56 Å². The number of carbonyl (C=O) groups is 1. The molecule has 1 fully saturated rings. The number of nitrogens with zero attached hydrogens (tertiary/aromatic N) is 1. The van der Waals surface area contributed by atoms with Crippen molar-refractivity contribution < 1.29 is 33.0 Å². The number of aromatic amines is 1. The third-order valence-electron chi connectivity index (χ3n) is 5.23. The number of benzene rings is 1. The molecule has 1 aliphatic heterocycles. The Labute approximate surface area is 207 Å². The highest BCUT2D eigenvalue weighted by atomic mass is 31.2. The fourth-order valence-electron chi connectivity index (χ4n) is 3.49. The second kappa shape index (κ2) is 12.3. The predicted molar refractivity (Wildman–Crippen MR) is 130 cm³/mol. The zero-order valence-electron chi connectivity index (χ0n) is 20.2. The molecule has 1 aliphatic rings. The number of hydrogen-bond acceptors (Lipinski definition) is 9. The fraction of sp³-hybridized carbons (Fsp3) is 0.435. The van der Waals surface area contributed by atoms with Gasteiger partial charge >= 0.3 is 19.4 Å². The van der Waals surface area contributed by atoms with E-state index in [9.17, 15) is 24.1 Å². The highest BCUT2D eigenvalue weighted by molar-refractivity contribution is 7.52. The van der Waals surface area contributed by atoms with Crippen LogP contribution in [0.1, 0.15) is 39.0 Å². The van der Waals surface area contributed by atoms with Crippen LogP contribution >= 0.6 is 7.75 Å². The minimum atomic E-state index is -4.15. The van der Waals surface area contributed by atoms with Gasteiger partial charge in [-0.1, -0.05) is 30.4 Å². The SMILES string of the molecule is C/C=C/c1cn(C2CC(O)C(COP(=O)(N[C@@H](C)C(=O)OCC)Oc3ccccc3)O2)c(=O)[nH]c1=O. The van der Waals surface area contributed by atoms with Gasteiger partial charge < -0.3 is 19.1 Å². The standard InChI is InChI=1S/C23H30N3O9P/c1-4-9-16-13-26(23(30)24-21(16)28)20-12-18(27)19(34-20)14-33-36(31,25-15(3)22(29)32-5-2)35-17-10-7-6-8-11-17/h4,6-11,13,15,18-20,27H,5,12,14H2,1-3H3,(H,25,31)(H,24,28,30)/b9-4+/t15-,18?,19?,20?,36?/m0/s1. The second-order valence-electron chi connectivity index (χ2n) is 7.98. The summed E-state index contributed by atoms with van der Waals surface area (Å²) in [7, 11) is -4.15. The van der Waals surface area contributed by atoms with Gasteiger partial charge in [0.15, 0.2) is 0 Å².